The van der Waals surface area contributed by atoms with Crippen LogP contribution in [0.4, 0.5) is 18.3 Å². The zero-order chi connectivity index (χ0) is 23.5. The van der Waals surface area contributed by atoms with Gasteiger partial charge >= 0.3 is 5.51 Å². The summed E-state index contributed by atoms with van der Waals surface area (Å²) < 4.78 is 60.6. The Bertz CT molecular complexity index is 1200. The lowest BCUT2D eigenvalue weighted by atomic mass is 10.1. The molecule has 0 saturated carbocycles. The number of anilines is 1. The van der Waals surface area contributed by atoms with Gasteiger partial charge in [0.1, 0.15) is 5.01 Å². The van der Waals surface area contributed by atoms with Gasteiger partial charge < -0.3 is 15.5 Å². The number of halogens is 3. The molecule has 0 unspecified atom stereocenters. The van der Waals surface area contributed by atoms with Crippen LogP contribution in [0.15, 0.2) is 34.5 Å². The van der Waals surface area contributed by atoms with Crippen LogP contribution in [0.25, 0.3) is 10.6 Å². The molecule has 0 saturated heterocycles. The monoisotopic (exact) mass is 507 g/mol. The number of thiazole rings is 2. The largest absolute Gasteiger partial charge is 0.501 e. The smallest absolute Gasteiger partial charge is 0.396 e. The molecule has 0 radical (unpaired) electrons. The van der Waals surface area contributed by atoms with Crippen molar-refractivity contribution in [2.24, 2.45) is 0 Å². The second-order valence-corrected chi connectivity index (χ2v) is 10.3. The van der Waals surface area contributed by atoms with Crippen LogP contribution in [0.5, 0.6) is 0 Å². The third-order valence-electron chi connectivity index (χ3n) is 4.11. The topological polar surface area (TPSA) is 129 Å². The van der Waals surface area contributed by atoms with Gasteiger partial charge in [-0.1, -0.05) is 12.1 Å². The lowest BCUT2D eigenvalue weighted by molar-refractivity contribution is -0.115. The Balaban J connectivity index is 1.68. The van der Waals surface area contributed by atoms with E-state index in [1.165, 1.54) is 11.3 Å². The molecule has 8 nitrogen and oxygen atoms in total. The Morgan fingerprint density at radius 2 is 1.81 bits per heavy atom. The summed E-state index contributed by atoms with van der Waals surface area (Å²) in [6.07, 6.45) is 0.0807. The van der Waals surface area contributed by atoms with Crippen molar-refractivity contribution in [2.75, 3.05) is 11.9 Å². The van der Waals surface area contributed by atoms with Crippen molar-refractivity contribution < 1.29 is 36.6 Å². The average Bonchev–Trinajstić information content (AvgIpc) is 3.34. The number of sulfone groups is 1. The molecule has 1 aromatic carbocycles. The summed E-state index contributed by atoms with van der Waals surface area (Å²) in [5.74, 6) is -0.492. The molecule has 2 aromatic heterocycles. The van der Waals surface area contributed by atoms with E-state index in [9.17, 15) is 36.6 Å². The second-order valence-electron chi connectivity index (χ2n) is 6.37. The Morgan fingerprint density at radius 3 is 2.41 bits per heavy atom. The third-order valence-corrected chi connectivity index (χ3v) is 7.48. The van der Waals surface area contributed by atoms with E-state index in [4.69, 9.17) is 0 Å². The van der Waals surface area contributed by atoms with Gasteiger partial charge in [-0.25, -0.2) is 18.4 Å². The molecule has 32 heavy (non-hydrogen) atoms. The summed E-state index contributed by atoms with van der Waals surface area (Å²) in [7, 11) is -5.45. The molecule has 0 atom stereocenters. The molecule has 172 valence electrons. The minimum atomic E-state index is -5.45. The van der Waals surface area contributed by atoms with Gasteiger partial charge in [-0.2, -0.15) is 13.2 Å². The van der Waals surface area contributed by atoms with Crippen LogP contribution in [0.3, 0.4) is 0 Å². The van der Waals surface area contributed by atoms with Crippen molar-refractivity contribution >= 4 is 43.5 Å². The van der Waals surface area contributed by atoms with Crippen molar-refractivity contribution in [3.63, 3.8) is 0 Å². The number of aliphatic hydroxyl groups is 2. The van der Waals surface area contributed by atoms with Gasteiger partial charge in [0.05, 0.1) is 34.2 Å². The lowest BCUT2D eigenvalue weighted by Gasteiger charge is -2.08. The molecule has 2 heterocycles. The molecule has 0 aliphatic carbocycles. The molecule has 14 heteroatoms. The van der Waals surface area contributed by atoms with Gasteiger partial charge in [0.2, 0.25) is 5.91 Å². The fraction of sp³-hybridized carbons (Fsp3) is 0.278. The molecule has 3 rings (SSSR count). The number of amides is 1. The normalized spacial score (nSPS) is 12.2. The zero-order valence-electron chi connectivity index (χ0n) is 16.1. The lowest BCUT2D eigenvalue weighted by Crippen LogP contribution is -2.23. The molecule has 0 fully saturated rings. The van der Waals surface area contributed by atoms with Gasteiger partial charge in [-0.15, -0.1) is 22.7 Å². The Hall–Kier alpha value is -2.39. The molecular formula is C18H16F3N3O5S3. The van der Waals surface area contributed by atoms with Crippen molar-refractivity contribution in [1.29, 1.82) is 0 Å². The molecule has 3 N–H and O–H groups in total. The minimum Gasteiger partial charge on any atom is -0.396 e. The number of hydrogen-bond donors (Lipinski definition) is 3. The van der Waals surface area contributed by atoms with Crippen LogP contribution in [0.1, 0.15) is 16.3 Å². The maximum absolute atomic E-state index is 12.6. The highest BCUT2D eigenvalue weighted by molar-refractivity contribution is 7.92. The van der Waals surface area contributed by atoms with Gasteiger partial charge in [0, 0.05) is 18.4 Å². The van der Waals surface area contributed by atoms with E-state index in [0.29, 0.717) is 26.8 Å². The summed E-state index contributed by atoms with van der Waals surface area (Å²) in [6, 6.07) is 3.89. The van der Waals surface area contributed by atoms with E-state index in [1.54, 1.807) is 5.38 Å². The van der Waals surface area contributed by atoms with E-state index in [2.05, 4.69) is 15.3 Å². The Labute approximate surface area is 188 Å². The van der Waals surface area contributed by atoms with E-state index in [-0.39, 0.29) is 31.2 Å². The molecule has 0 spiro atoms. The van der Waals surface area contributed by atoms with Gasteiger partial charge in [-0.3, -0.25) is 4.79 Å². The quantitative estimate of drug-likeness (QED) is 0.428. The van der Waals surface area contributed by atoms with Crippen molar-refractivity contribution in [3.8, 4) is 10.6 Å². The van der Waals surface area contributed by atoms with Crippen LogP contribution in [-0.2, 0) is 34.1 Å². The summed E-state index contributed by atoms with van der Waals surface area (Å²) in [4.78, 5) is 20.6. The van der Waals surface area contributed by atoms with Crippen LogP contribution in [-0.4, -0.2) is 46.6 Å². The van der Waals surface area contributed by atoms with E-state index in [0.717, 1.165) is 35.6 Å². The summed E-state index contributed by atoms with van der Waals surface area (Å²) in [6.45, 7) is -0.377. The summed E-state index contributed by atoms with van der Waals surface area (Å²) in [5.41, 5.74) is -3.98. The molecule has 0 bridgehead atoms. The number of alkyl halides is 3. The highest BCUT2D eigenvalue weighted by Crippen LogP contribution is 2.33. The minimum absolute atomic E-state index is 0.127. The van der Waals surface area contributed by atoms with E-state index >= 15 is 0 Å². The van der Waals surface area contributed by atoms with Crippen LogP contribution >= 0.6 is 22.7 Å². The van der Waals surface area contributed by atoms with Crippen LogP contribution < -0.4 is 5.32 Å². The van der Waals surface area contributed by atoms with Gasteiger partial charge in [-0.05, 0) is 17.7 Å². The second kappa shape index (κ2) is 9.62. The number of rotatable bonds is 8. The average molecular weight is 508 g/mol. The molecule has 0 aliphatic rings. The first kappa shape index (κ1) is 24.3. The summed E-state index contributed by atoms with van der Waals surface area (Å²) >= 11 is 2.36. The number of aliphatic hydroxyl groups excluding tert-OH is 2. The molecule has 1 amide bonds. The SMILES string of the molecule is O=C(Cc1ccc(S(=O)(=O)C(F)(F)F)cc1)Nc1nc(-c2sc(CO)nc2CCO)cs1. The first-order chi connectivity index (χ1) is 15.0. The van der Waals surface area contributed by atoms with E-state index < -0.39 is 26.1 Å². The first-order valence-corrected chi connectivity index (χ1v) is 12.1. The number of nitrogens with one attached hydrogen (secondary N) is 1. The fourth-order valence-electron chi connectivity index (χ4n) is 2.65. The van der Waals surface area contributed by atoms with Crippen molar-refractivity contribution in [2.45, 2.75) is 29.9 Å². The number of aromatic nitrogens is 2. The number of benzene rings is 1. The highest BCUT2D eigenvalue weighted by Gasteiger charge is 2.46. The number of nitrogens with zero attached hydrogens (tertiary/aromatic N) is 2. The standard InChI is InChI=1S/C18H16F3N3O5S3/c19-18(20,21)32(28,29)11-3-1-10(2-4-11)7-14(27)24-17-23-13(9-30-17)16-12(5-6-25)22-15(8-26)31-16/h1-4,9,25-26H,5-8H2,(H,23,24,27). The fourth-order valence-corrected chi connectivity index (χ4v) is 5.13. The van der Waals surface area contributed by atoms with Crippen LogP contribution in [0.2, 0.25) is 0 Å². The molecule has 0 aliphatic heterocycles. The number of carbonyl (C=O) groups is 1. The Morgan fingerprint density at radius 1 is 1.12 bits per heavy atom. The first-order valence-electron chi connectivity index (χ1n) is 8.91. The number of carbonyl (C=O) groups excluding carboxylic acids is 1. The Kier molecular flexibility index (Phi) is 7.29. The third kappa shape index (κ3) is 5.32. The molecule has 3 aromatic rings. The maximum Gasteiger partial charge on any atom is 0.501 e. The van der Waals surface area contributed by atoms with Crippen molar-refractivity contribution in [1.82, 2.24) is 9.97 Å². The van der Waals surface area contributed by atoms with Crippen LogP contribution in [0, 0.1) is 0 Å². The summed E-state index contributed by atoms with van der Waals surface area (Å²) in [5, 5.41) is 23.5. The van der Waals surface area contributed by atoms with Gasteiger partial charge in [0.25, 0.3) is 9.84 Å². The van der Waals surface area contributed by atoms with Gasteiger partial charge in [0.15, 0.2) is 5.13 Å². The maximum atomic E-state index is 12.6. The highest BCUT2D eigenvalue weighted by atomic mass is 32.2. The van der Waals surface area contributed by atoms with Crippen molar-refractivity contribution in [3.05, 3.63) is 45.9 Å². The number of hydrogen-bond acceptors (Lipinski definition) is 9. The zero-order valence-corrected chi connectivity index (χ0v) is 18.5. The van der Waals surface area contributed by atoms with E-state index in [1.807, 2.05) is 0 Å². The predicted octanol–water partition coefficient (Wildman–Crippen LogP) is 2.77. The molecular weight excluding hydrogens is 491 g/mol. The predicted molar refractivity (Wildman–Crippen MR) is 112 cm³/mol.